The molecule has 0 radical (unpaired) electrons. The summed E-state index contributed by atoms with van der Waals surface area (Å²) in [5.41, 5.74) is 0.718. The summed E-state index contributed by atoms with van der Waals surface area (Å²) < 4.78 is 0. The van der Waals surface area contributed by atoms with Crippen molar-refractivity contribution >= 4 is 23.2 Å². The second-order valence-electron chi connectivity index (χ2n) is 9.12. The fourth-order valence-corrected chi connectivity index (χ4v) is 3.07. The van der Waals surface area contributed by atoms with Gasteiger partial charge in [0.15, 0.2) is 0 Å². The van der Waals surface area contributed by atoms with E-state index in [4.69, 9.17) is 0 Å². The highest BCUT2D eigenvalue weighted by Crippen LogP contribution is 2.33. The van der Waals surface area contributed by atoms with Crippen molar-refractivity contribution in [3.8, 4) is 0 Å². The number of nitrogens with zero attached hydrogens (tertiary/aromatic N) is 1. The molecule has 1 aromatic carbocycles. The summed E-state index contributed by atoms with van der Waals surface area (Å²) in [6.45, 7) is 11.5. The van der Waals surface area contributed by atoms with Gasteiger partial charge >= 0.3 is 0 Å². The number of amides is 2. The Morgan fingerprint density at radius 2 is 1.60 bits per heavy atom. The van der Waals surface area contributed by atoms with Gasteiger partial charge in [-0.3, -0.25) is 9.59 Å². The van der Waals surface area contributed by atoms with E-state index in [1.54, 1.807) is 0 Å². The molecule has 2 amide bonds. The maximum atomic E-state index is 13.1. The molecular formula is C21H32N2O2. The molecule has 0 spiro atoms. The molecule has 1 aliphatic carbocycles. The van der Waals surface area contributed by atoms with E-state index >= 15 is 0 Å². The number of rotatable bonds is 3. The van der Waals surface area contributed by atoms with E-state index in [0.29, 0.717) is 0 Å². The number of carbonyl (C=O) groups is 2. The minimum atomic E-state index is -0.456. The largest absolute Gasteiger partial charge is 0.326 e. The van der Waals surface area contributed by atoms with Gasteiger partial charge in [-0.15, -0.1) is 0 Å². The molecule has 0 aromatic heterocycles. The Bertz CT molecular complexity index is 632. The van der Waals surface area contributed by atoms with Crippen LogP contribution in [0.5, 0.6) is 0 Å². The number of hydrogen-bond donors (Lipinski definition) is 1. The van der Waals surface area contributed by atoms with Crippen LogP contribution in [0.4, 0.5) is 11.4 Å². The second kappa shape index (κ2) is 7.19. The summed E-state index contributed by atoms with van der Waals surface area (Å²) in [5, 5.41) is 2.97. The summed E-state index contributed by atoms with van der Waals surface area (Å²) in [6, 6.07) is 7.92. The standard InChI is InChI=1S/C21H32N2O2/c1-20(2,3)18(24)22-15-10-9-13-17(14-15)23(16-11-7-8-12-16)19(25)21(4,5)6/h9-10,13-14,16H,7-8,11-12H2,1-6H3,(H,22,24). The van der Waals surface area contributed by atoms with Crippen molar-refractivity contribution in [3.63, 3.8) is 0 Å². The van der Waals surface area contributed by atoms with Crippen molar-refractivity contribution in [1.29, 1.82) is 0 Å². The molecule has 0 unspecified atom stereocenters. The highest BCUT2D eigenvalue weighted by Gasteiger charge is 2.34. The minimum absolute atomic E-state index is 0.0285. The van der Waals surface area contributed by atoms with Crippen LogP contribution < -0.4 is 10.2 Å². The Morgan fingerprint density at radius 3 is 2.12 bits per heavy atom. The maximum absolute atomic E-state index is 13.1. The zero-order valence-electron chi connectivity index (χ0n) is 16.5. The predicted octanol–water partition coefficient (Wildman–Crippen LogP) is 4.99. The third-order valence-corrected chi connectivity index (χ3v) is 4.61. The summed E-state index contributed by atoms with van der Waals surface area (Å²) in [5.74, 6) is 0.109. The van der Waals surface area contributed by atoms with E-state index in [-0.39, 0.29) is 17.9 Å². The molecule has 0 saturated heterocycles. The highest BCUT2D eigenvalue weighted by molar-refractivity contribution is 5.99. The molecular weight excluding hydrogens is 312 g/mol. The van der Waals surface area contributed by atoms with Crippen molar-refractivity contribution in [2.75, 3.05) is 10.2 Å². The van der Waals surface area contributed by atoms with Gasteiger partial charge in [0.05, 0.1) is 0 Å². The molecule has 0 bridgehead atoms. The van der Waals surface area contributed by atoms with Crippen LogP contribution in [0.25, 0.3) is 0 Å². The third-order valence-electron chi connectivity index (χ3n) is 4.61. The summed E-state index contributed by atoms with van der Waals surface area (Å²) >= 11 is 0. The van der Waals surface area contributed by atoms with Gasteiger partial charge in [0, 0.05) is 28.2 Å². The van der Waals surface area contributed by atoms with Crippen molar-refractivity contribution in [2.24, 2.45) is 10.8 Å². The Balaban J connectivity index is 2.33. The SMILES string of the molecule is CC(C)(C)C(=O)Nc1cccc(N(C(=O)C(C)(C)C)C2CCCC2)c1. The van der Waals surface area contributed by atoms with Crippen LogP contribution in [0.15, 0.2) is 24.3 Å². The Kier molecular flexibility index (Phi) is 5.60. The molecule has 1 aromatic rings. The van der Waals surface area contributed by atoms with E-state index in [1.807, 2.05) is 70.7 Å². The molecule has 4 nitrogen and oxygen atoms in total. The fraction of sp³-hybridized carbons (Fsp3) is 0.619. The predicted molar refractivity (Wildman–Crippen MR) is 104 cm³/mol. The van der Waals surface area contributed by atoms with E-state index in [0.717, 1.165) is 24.2 Å². The molecule has 138 valence electrons. The summed E-state index contributed by atoms with van der Waals surface area (Å²) in [7, 11) is 0. The number of nitrogens with one attached hydrogen (secondary N) is 1. The first-order valence-corrected chi connectivity index (χ1v) is 9.25. The molecule has 1 fully saturated rings. The highest BCUT2D eigenvalue weighted by atomic mass is 16.2. The zero-order valence-corrected chi connectivity index (χ0v) is 16.5. The zero-order chi connectivity index (χ0) is 18.8. The Morgan fingerprint density at radius 1 is 1.00 bits per heavy atom. The van der Waals surface area contributed by atoms with Crippen molar-refractivity contribution < 1.29 is 9.59 Å². The van der Waals surface area contributed by atoms with Gasteiger partial charge in [0.1, 0.15) is 0 Å². The van der Waals surface area contributed by atoms with Gasteiger partial charge in [-0.1, -0.05) is 60.5 Å². The van der Waals surface area contributed by atoms with E-state index in [2.05, 4.69) is 5.32 Å². The number of benzene rings is 1. The van der Waals surface area contributed by atoms with Crippen LogP contribution in [-0.4, -0.2) is 17.9 Å². The van der Waals surface area contributed by atoms with Gasteiger partial charge in [0.25, 0.3) is 0 Å². The molecule has 4 heteroatoms. The first kappa shape index (κ1) is 19.5. The molecule has 1 N–H and O–H groups in total. The number of hydrogen-bond acceptors (Lipinski definition) is 2. The van der Waals surface area contributed by atoms with Gasteiger partial charge in [-0.2, -0.15) is 0 Å². The van der Waals surface area contributed by atoms with E-state index in [9.17, 15) is 9.59 Å². The lowest BCUT2D eigenvalue weighted by Gasteiger charge is -2.34. The van der Waals surface area contributed by atoms with Crippen LogP contribution in [0.1, 0.15) is 67.2 Å². The lowest BCUT2D eigenvalue weighted by molar-refractivity contribution is -0.126. The lowest BCUT2D eigenvalue weighted by atomic mass is 9.93. The van der Waals surface area contributed by atoms with Crippen molar-refractivity contribution in [1.82, 2.24) is 0 Å². The molecule has 0 atom stereocenters. The molecule has 1 aliphatic rings. The first-order valence-electron chi connectivity index (χ1n) is 9.25. The third kappa shape index (κ3) is 4.83. The van der Waals surface area contributed by atoms with Gasteiger partial charge in [0.2, 0.25) is 11.8 Å². The first-order chi connectivity index (χ1) is 11.5. The second-order valence-corrected chi connectivity index (χ2v) is 9.12. The number of carbonyl (C=O) groups excluding carboxylic acids is 2. The summed E-state index contributed by atoms with van der Waals surface area (Å²) in [6.07, 6.45) is 4.42. The normalized spacial score (nSPS) is 15.9. The van der Waals surface area contributed by atoms with E-state index in [1.165, 1.54) is 12.8 Å². The van der Waals surface area contributed by atoms with Crippen LogP contribution in [0, 0.1) is 10.8 Å². The van der Waals surface area contributed by atoms with Crippen LogP contribution >= 0.6 is 0 Å². The molecule has 25 heavy (non-hydrogen) atoms. The van der Waals surface area contributed by atoms with Crippen molar-refractivity contribution in [2.45, 2.75) is 73.3 Å². The van der Waals surface area contributed by atoms with Gasteiger partial charge < -0.3 is 10.2 Å². The monoisotopic (exact) mass is 344 g/mol. The van der Waals surface area contributed by atoms with Crippen molar-refractivity contribution in [3.05, 3.63) is 24.3 Å². The lowest BCUT2D eigenvalue weighted by Crippen LogP contribution is -2.45. The smallest absolute Gasteiger partial charge is 0.232 e. The average Bonchev–Trinajstić information content (AvgIpc) is 3.00. The average molecular weight is 344 g/mol. The van der Waals surface area contributed by atoms with Gasteiger partial charge in [-0.05, 0) is 31.0 Å². The topological polar surface area (TPSA) is 49.4 Å². The quantitative estimate of drug-likeness (QED) is 0.839. The van der Waals surface area contributed by atoms with Gasteiger partial charge in [-0.25, -0.2) is 0 Å². The van der Waals surface area contributed by atoms with E-state index < -0.39 is 10.8 Å². The summed E-state index contributed by atoms with van der Waals surface area (Å²) in [4.78, 5) is 27.3. The maximum Gasteiger partial charge on any atom is 0.232 e. The van der Waals surface area contributed by atoms with Crippen LogP contribution in [0.3, 0.4) is 0 Å². The molecule has 1 saturated carbocycles. The Labute approximate surface area is 152 Å². The van der Waals surface area contributed by atoms with Crippen LogP contribution in [0.2, 0.25) is 0 Å². The fourth-order valence-electron chi connectivity index (χ4n) is 3.07. The minimum Gasteiger partial charge on any atom is -0.326 e. The molecule has 2 rings (SSSR count). The number of anilines is 2. The molecule has 0 heterocycles. The Hall–Kier alpha value is -1.84. The molecule has 0 aliphatic heterocycles. The van der Waals surface area contributed by atoms with Crippen LogP contribution in [-0.2, 0) is 9.59 Å².